The second kappa shape index (κ2) is 9.12. The maximum Gasteiger partial charge on any atom is 0.331 e. The molecular formula is C22H24FNO3. The molecule has 1 N–H and O–H groups in total. The molecule has 5 heteroatoms. The van der Waals surface area contributed by atoms with E-state index in [-0.39, 0.29) is 5.92 Å². The van der Waals surface area contributed by atoms with E-state index in [0.717, 1.165) is 16.8 Å². The molecule has 0 saturated heterocycles. The number of aryl methyl sites for hydroxylation is 1. The van der Waals surface area contributed by atoms with E-state index < -0.39 is 23.8 Å². The Morgan fingerprint density at radius 2 is 1.81 bits per heavy atom. The fraction of sp³-hybridized carbons (Fsp3) is 0.273. The Labute approximate surface area is 159 Å². The number of benzene rings is 2. The molecule has 0 saturated carbocycles. The number of hydrogen-bond donors (Lipinski definition) is 1. The number of ether oxygens (including phenoxy) is 1. The Morgan fingerprint density at radius 1 is 1.11 bits per heavy atom. The summed E-state index contributed by atoms with van der Waals surface area (Å²) in [6, 6.07) is 11.6. The van der Waals surface area contributed by atoms with Crippen molar-refractivity contribution in [3.63, 3.8) is 0 Å². The fourth-order valence-corrected chi connectivity index (χ4v) is 2.61. The summed E-state index contributed by atoms with van der Waals surface area (Å²) >= 11 is 0. The van der Waals surface area contributed by atoms with Crippen molar-refractivity contribution in [2.45, 2.75) is 39.7 Å². The van der Waals surface area contributed by atoms with Crippen LogP contribution in [0.2, 0.25) is 0 Å². The van der Waals surface area contributed by atoms with E-state index in [1.165, 1.54) is 31.2 Å². The first-order valence-electron chi connectivity index (χ1n) is 8.82. The molecule has 2 aromatic rings. The van der Waals surface area contributed by atoms with Gasteiger partial charge in [0.2, 0.25) is 0 Å². The summed E-state index contributed by atoms with van der Waals surface area (Å²) in [6.45, 7) is 7.52. The molecule has 142 valence electrons. The first-order valence-corrected chi connectivity index (χ1v) is 8.82. The van der Waals surface area contributed by atoms with Crippen LogP contribution in [0.5, 0.6) is 0 Å². The Morgan fingerprint density at radius 3 is 2.48 bits per heavy atom. The fourth-order valence-electron chi connectivity index (χ4n) is 2.61. The van der Waals surface area contributed by atoms with Crippen LogP contribution in [0.15, 0.2) is 48.5 Å². The SMILES string of the molecule is Cc1cccc(C(C)C)c1NC(=O)[C@H](C)OC(=O)/C=C/c1cccc(F)c1. The van der Waals surface area contributed by atoms with E-state index in [2.05, 4.69) is 5.32 Å². The largest absolute Gasteiger partial charge is 0.449 e. The first kappa shape index (κ1) is 20.4. The summed E-state index contributed by atoms with van der Waals surface area (Å²) in [4.78, 5) is 24.4. The van der Waals surface area contributed by atoms with Crippen LogP contribution in [0, 0.1) is 12.7 Å². The molecule has 0 aromatic heterocycles. The van der Waals surface area contributed by atoms with Crippen molar-refractivity contribution in [3.05, 3.63) is 71.0 Å². The summed E-state index contributed by atoms with van der Waals surface area (Å²) in [5, 5.41) is 2.86. The lowest BCUT2D eigenvalue weighted by Gasteiger charge is -2.18. The molecule has 2 rings (SSSR count). The highest BCUT2D eigenvalue weighted by molar-refractivity contribution is 5.97. The number of carbonyl (C=O) groups excluding carboxylic acids is 2. The Balaban J connectivity index is 2.01. The molecule has 0 aliphatic heterocycles. The molecule has 4 nitrogen and oxygen atoms in total. The van der Waals surface area contributed by atoms with Crippen molar-refractivity contribution < 1.29 is 18.7 Å². The van der Waals surface area contributed by atoms with E-state index >= 15 is 0 Å². The van der Waals surface area contributed by atoms with E-state index in [9.17, 15) is 14.0 Å². The summed E-state index contributed by atoms with van der Waals surface area (Å²) < 4.78 is 18.3. The van der Waals surface area contributed by atoms with Gasteiger partial charge in [-0.3, -0.25) is 4.79 Å². The van der Waals surface area contributed by atoms with Crippen molar-refractivity contribution >= 4 is 23.6 Å². The third-order valence-electron chi connectivity index (χ3n) is 4.10. The third-order valence-corrected chi connectivity index (χ3v) is 4.10. The number of esters is 1. The van der Waals surface area contributed by atoms with Crippen molar-refractivity contribution in [2.24, 2.45) is 0 Å². The zero-order valence-corrected chi connectivity index (χ0v) is 16.0. The molecule has 0 fully saturated rings. The molecule has 1 amide bonds. The van der Waals surface area contributed by atoms with Crippen LogP contribution in [-0.4, -0.2) is 18.0 Å². The molecular weight excluding hydrogens is 345 g/mol. The van der Waals surface area contributed by atoms with Crippen molar-refractivity contribution in [2.75, 3.05) is 5.32 Å². The second-order valence-electron chi connectivity index (χ2n) is 6.65. The van der Waals surface area contributed by atoms with Crippen LogP contribution >= 0.6 is 0 Å². The number of para-hydroxylation sites is 1. The maximum absolute atomic E-state index is 13.1. The molecule has 27 heavy (non-hydrogen) atoms. The van der Waals surface area contributed by atoms with Crippen molar-refractivity contribution in [1.82, 2.24) is 0 Å². The average molecular weight is 369 g/mol. The number of anilines is 1. The number of carbonyl (C=O) groups is 2. The number of halogens is 1. The molecule has 0 unspecified atom stereocenters. The van der Waals surface area contributed by atoms with Crippen LogP contribution in [-0.2, 0) is 14.3 Å². The Hall–Kier alpha value is -2.95. The standard InChI is InChI=1S/C22H24FNO3/c1-14(2)19-10-5-7-15(3)21(19)24-22(26)16(4)27-20(25)12-11-17-8-6-9-18(23)13-17/h5-14,16H,1-4H3,(H,24,26)/b12-11+/t16-/m0/s1. The van der Waals surface area contributed by atoms with Gasteiger partial charge in [0, 0.05) is 11.8 Å². The van der Waals surface area contributed by atoms with E-state index in [4.69, 9.17) is 4.74 Å². The quantitative estimate of drug-likeness (QED) is 0.585. The smallest absolute Gasteiger partial charge is 0.331 e. The topological polar surface area (TPSA) is 55.4 Å². The van der Waals surface area contributed by atoms with Crippen LogP contribution in [0.4, 0.5) is 10.1 Å². The minimum atomic E-state index is -0.964. The van der Waals surface area contributed by atoms with Gasteiger partial charge in [-0.2, -0.15) is 0 Å². The predicted octanol–water partition coefficient (Wildman–Crippen LogP) is 4.84. The summed E-state index contributed by atoms with van der Waals surface area (Å²) in [6.07, 6.45) is 1.65. The van der Waals surface area contributed by atoms with Crippen LogP contribution in [0.3, 0.4) is 0 Å². The third kappa shape index (κ3) is 5.78. The second-order valence-corrected chi connectivity index (χ2v) is 6.65. The number of amides is 1. The van der Waals surface area contributed by atoms with Gasteiger partial charge in [-0.1, -0.05) is 44.2 Å². The van der Waals surface area contributed by atoms with Gasteiger partial charge >= 0.3 is 5.97 Å². The lowest BCUT2D eigenvalue weighted by molar-refractivity contribution is -0.148. The zero-order chi connectivity index (χ0) is 20.0. The predicted molar refractivity (Wildman–Crippen MR) is 105 cm³/mol. The van der Waals surface area contributed by atoms with Gasteiger partial charge in [-0.05, 0) is 54.7 Å². The molecule has 0 radical (unpaired) electrons. The van der Waals surface area contributed by atoms with Gasteiger partial charge in [-0.25, -0.2) is 9.18 Å². The van der Waals surface area contributed by atoms with E-state index in [0.29, 0.717) is 5.56 Å². The lowest BCUT2D eigenvalue weighted by atomic mass is 9.98. The highest BCUT2D eigenvalue weighted by Gasteiger charge is 2.19. The van der Waals surface area contributed by atoms with Crippen LogP contribution < -0.4 is 5.32 Å². The molecule has 2 aromatic carbocycles. The highest BCUT2D eigenvalue weighted by Crippen LogP contribution is 2.27. The highest BCUT2D eigenvalue weighted by atomic mass is 19.1. The lowest BCUT2D eigenvalue weighted by Crippen LogP contribution is -2.30. The molecule has 1 atom stereocenters. The molecule has 0 bridgehead atoms. The number of rotatable bonds is 6. The normalized spacial score (nSPS) is 12.2. The Kier molecular flexibility index (Phi) is 6.88. The van der Waals surface area contributed by atoms with Gasteiger partial charge in [-0.15, -0.1) is 0 Å². The van der Waals surface area contributed by atoms with Crippen LogP contribution in [0.25, 0.3) is 6.08 Å². The van der Waals surface area contributed by atoms with Gasteiger partial charge in [0.15, 0.2) is 6.10 Å². The molecule has 0 spiro atoms. The van der Waals surface area contributed by atoms with E-state index in [1.807, 2.05) is 39.0 Å². The Bertz CT molecular complexity index is 858. The van der Waals surface area contributed by atoms with Gasteiger partial charge < -0.3 is 10.1 Å². The summed E-state index contributed by atoms with van der Waals surface area (Å²) in [5.74, 6) is -1.22. The number of hydrogen-bond acceptors (Lipinski definition) is 3. The number of nitrogens with one attached hydrogen (secondary N) is 1. The summed E-state index contributed by atoms with van der Waals surface area (Å²) in [7, 11) is 0. The van der Waals surface area contributed by atoms with Crippen LogP contribution in [0.1, 0.15) is 43.4 Å². The van der Waals surface area contributed by atoms with Crippen molar-refractivity contribution in [3.8, 4) is 0 Å². The van der Waals surface area contributed by atoms with Gasteiger partial charge in [0.1, 0.15) is 5.82 Å². The van der Waals surface area contributed by atoms with Gasteiger partial charge in [0.05, 0.1) is 0 Å². The molecule has 0 aliphatic rings. The monoisotopic (exact) mass is 369 g/mol. The molecule has 0 aliphatic carbocycles. The molecule has 0 heterocycles. The van der Waals surface area contributed by atoms with E-state index in [1.54, 1.807) is 12.1 Å². The van der Waals surface area contributed by atoms with Crippen molar-refractivity contribution in [1.29, 1.82) is 0 Å². The zero-order valence-electron chi connectivity index (χ0n) is 16.0. The summed E-state index contributed by atoms with van der Waals surface area (Å²) in [5.41, 5.74) is 3.24. The average Bonchev–Trinajstić information content (AvgIpc) is 2.61. The van der Waals surface area contributed by atoms with Gasteiger partial charge in [0.25, 0.3) is 5.91 Å². The minimum Gasteiger partial charge on any atom is -0.449 e. The maximum atomic E-state index is 13.1. The first-order chi connectivity index (χ1) is 12.8. The minimum absolute atomic E-state index is 0.243.